The molecule has 9 unspecified atom stereocenters. The van der Waals surface area contributed by atoms with Crippen molar-refractivity contribution in [1.29, 1.82) is 0 Å². The Bertz CT molecular complexity index is 2300. The van der Waals surface area contributed by atoms with Crippen LogP contribution in [0.15, 0.2) is 0 Å². The van der Waals surface area contributed by atoms with Crippen molar-refractivity contribution in [3.63, 3.8) is 0 Å². The summed E-state index contributed by atoms with van der Waals surface area (Å²) in [5, 5.41) is 0. The van der Waals surface area contributed by atoms with E-state index in [2.05, 4.69) is 9.47 Å². The number of rotatable bonds is 18. The van der Waals surface area contributed by atoms with Crippen molar-refractivity contribution < 1.29 is 114 Å². The van der Waals surface area contributed by atoms with Gasteiger partial charge in [-0.3, -0.25) is 38.4 Å². The molecule has 6 fully saturated rings. The lowest BCUT2D eigenvalue weighted by molar-refractivity contribution is -0.170. The highest BCUT2D eigenvalue weighted by atomic mass is 16.6. The van der Waals surface area contributed by atoms with Crippen molar-refractivity contribution in [2.24, 2.45) is 44.8 Å². The second-order valence-corrected chi connectivity index (χ2v) is 25.0. The van der Waals surface area contributed by atoms with Crippen LogP contribution in [0.2, 0.25) is 0 Å². The molecule has 24 heteroatoms. The van der Waals surface area contributed by atoms with Gasteiger partial charge in [-0.15, -0.1) is 0 Å². The molecule has 0 bridgehead atoms. The zero-order chi connectivity index (χ0) is 65.4. The van der Waals surface area contributed by atoms with E-state index < -0.39 is 75.4 Å². The predicted octanol–water partition coefficient (Wildman–Crippen LogP) is 15.4. The molecule has 6 heterocycles. The van der Waals surface area contributed by atoms with Crippen molar-refractivity contribution in [3.05, 3.63) is 0 Å². The van der Waals surface area contributed by atoms with E-state index in [0.717, 1.165) is 12.8 Å². The minimum atomic E-state index is -0.772. The van der Waals surface area contributed by atoms with E-state index in [1.165, 1.54) is 0 Å². The van der Waals surface area contributed by atoms with E-state index in [1.54, 1.807) is 41.5 Å². The number of cyclic esters (lactones) is 6. The van der Waals surface area contributed by atoms with E-state index in [1.807, 2.05) is 90.0 Å². The molecular formula is C73H146O24. The third-order valence-corrected chi connectivity index (χ3v) is 15.5. The second-order valence-electron chi connectivity index (χ2n) is 25.0. The Morgan fingerprint density at radius 1 is 0.423 bits per heavy atom. The maximum atomic E-state index is 11.9. The van der Waals surface area contributed by atoms with Crippen LogP contribution in [0, 0.1) is 44.8 Å². The Morgan fingerprint density at radius 3 is 1.04 bits per heavy atom. The average molecular weight is 1410 g/mol. The van der Waals surface area contributed by atoms with Gasteiger partial charge in [-0.05, 0) is 93.9 Å². The zero-order valence-electron chi connectivity index (χ0n) is 53.8. The van der Waals surface area contributed by atoms with E-state index in [4.69, 9.17) is 47.4 Å². The molecule has 0 amide bonds. The van der Waals surface area contributed by atoms with Gasteiger partial charge >= 0.3 is 71.6 Å². The first-order valence-electron chi connectivity index (χ1n) is 29.5. The lowest BCUT2D eigenvalue weighted by atomic mass is 9.88. The molecule has 0 aromatic carbocycles. The van der Waals surface area contributed by atoms with Crippen LogP contribution < -0.4 is 0 Å². The monoisotopic (exact) mass is 1410 g/mol. The molecule has 6 aliphatic rings. The Morgan fingerprint density at radius 2 is 0.753 bits per heavy atom. The van der Waals surface area contributed by atoms with Crippen LogP contribution in [0.5, 0.6) is 0 Å². The highest BCUT2D eigenvalue weighted by Gasteiger charge is 2.48. The topological polar surface area (TPSA) is 316 Å². The highest BCUT2D eigenvalue weighted by molar-refractivity contribution is 5.85. The van der Waals surface area contributed by atoms with Crippen LogP contribution in [0.3, 0.4) is 0 Å². The number of hydrogen-bond acceptors (Lipinski definition) is 24. The van der Waals surface area contributed by atoms with E-state index in [-0.39, 0.29) is 193 Å². The second kappa shape index (κ2) is 53.6. The minimum Gasteiger partial charge on any atom is -0.463 e. The third-order valence-electron chi connectivity index (χ3n) is 15.5. The van der Waals surface area contributed by atoms with Crippen LogP contribution in [-0.2, 0) is 114 Å². The highest BCUT2D eigenvalue weighted by Crippen LogP contribution is 2.34. The summed E-state index contributed by atoms with van der Waals surface area (Å²) in [5.41, 5.74) is -2.54. The van der Waals surface area contributed by atoms with Gasteiger partial charge < -0.3 is 56.8 Å². The molecule has 97 heavy (non-hydrogen) atoms. The normalized spacial score (nSPS) is 20.8. The molecule has 0 spiro atoms. The summed E-state index contributed by atoms with van der Waals surface area (Å²) in [4.78, 5) is 135. The van der Waals surface area contributed by atoms with Gasteiger partial charge in [-0.25, -0.2) is 19.2 Å². The lowest BCUT2D eigenvalue weighted by Crippen LogP contribution is -2.39. The Kier molecular flexibility index (Phi) is 65.1. The largest absolute Gasteiger partial charge is 0.463 e. The molecule has 0 aromatic heterocycles. The quantitative estimate of drug-likeness (QED) is 0.0909. The molecule has 0 radical (unpaired) electrons. The smallest absolute Gasteiger partial charge is 0.348 e. The molecule has 0 N–H and O–H groups in total. The summed E-state index contributed by atoms with van der Waals surface area (Å²) in [5.74, 6) is -4.41. The fraction of sp³-hybridized carbons (Fsp3) is 0.836. The summed E-state index contributed by atoms with van der Waals surface area (Å²) in [6, 6.07) is 0. The summed E-state index contributed by atoms with van der Waals surface area (Å²) < 4.78 is 59.1. The molecule has 0 saturated carbocycles. The third kappa shape index (κ3) is 39.1. The molecule has 6 rings (SSSR count). The number of hydrogen-bond donors (Lipinski definition) is 0. The van der Waals surface area contributed by atoms with Gasteiger partial charge in [0.1, 0.15) is 32.0 Å². The first-order valence-corrected chi connectivity index (χ1v) is 29.5. The fourth-order valence-electron chi connectivity index (χ4n) is 6.60. The lowest BCUT2D eigenvalue weighted by Gasteiger charge is -2.27. The molecule has 9 atom stereocenters. The average Bonchev–Trinajstić information content (AvgIpc) is 1.72. The van der Waals surface area contributed by atoms with Crippen LogP contribution in [-0.4, -0.2) is 148 Å². The van der Waals surface area contributed by atoms with Crippen LogP contribution >= 0.6 is 0 Å². The Balaban J connectivity index is -0.0000000873. The van der Waals surface area contributed by atoms with Gasteiger partial charge in [0.05, 0.1) is 66.2 Å². The number of carbonyl (C=O) groups excluding carboxylic acids is 12. The van der Waals surface area contributed by atoms with E-state index >= 15 is 0 Å². The van der Waals surface area contributed by atoms with Crippen molar-refractivity contribution in [1.82, 2.24) is 0 Å². The standard InChI is InChI=1S/C12H20O4.C11H18O4.2C10H16O4.2C9H14O4.12CH4/c1-6-11(2,3)10(14)16-8-9(13)15-7-12(8,4)5;1-5-11(3,4)10(13)15-8-7(2)6-14-9(8)12;1-4-10(2,3)9(12)14-7-5-8(11)13-6-7;1-4-10(2,3)9(12)14-7-5-6-13-8(7)11;1-3-6(2)9(11)13-7-4-8(10)12-5-7;1-3-6(2)8(10)13-7-4-5-12-9(7)11;;;;;;;;;;;;/h8H,6-7H2,1-5H3;7-8H,5-6H2,1-4H3;2*7H,4-6H2,1-3H3;2*6-7H,3-5H2,1-2H3;12*1H4. The van der Waals surface area contributed by atoms with E-state index in [0.29, 0.717) is 65.0 Å². The first-order chi connectivity index (χ1) is 39.3. The summed E-state index contributed by atoms with van der Waals surface area (Å²) in [6.07, 6.45) is 1.98. The number of ether oxygens (including phenoxy) is 12. The van der Waals surface area contributed by atoms with Crippen molar-refractivity contribution in [2.45, 2.75) is 322 Å². The van der Waals surface area contributed by atoms with Gasteiger partial charge in [0.25, 0.3) is 0 Å². The van der Waals surface area contributed by atoms with E-state index in [9.17, 15) is 57.5 Å². The van der Waals surface area contributed by atoms with Gasteiger partial charge in [0.15, 0.2) is 0 Å². The Labute approximate surface area is 589 Å². The Hall–Kier alpha value is -6.36. The molecule has 582 valence electrons. The molecule has 6 saturated heterocycles. The number of carbonyl (C=O) groups is 12. The maximum Gasteiger partial charge on any atom is 0.348 e. The summed E-state index contributed by atoms with van der Waals surface area (Å²) in [6.45, 7) is 36.9. The van der Waals surface area contributed by atoms with Gasteiger partial charge in [-0.1, -0.05) is 165 Å². The molecule has 6 aliphatic heterocycles. The van der Waals surface area contributed by atoms with Gasteiger partial charge in [0.2, 0.25) is 24.4 Å². The summed E-state index contributed by atoms with van der Waals surface area (Å²) in [7, 11) is 0. The first kappa shape index (κ1) is 118. The van der Waals surface area contributed by atoms with Crippen molar-refractivity contribution in [3.8, 4) is 0 Å². The molecule has 24 nitrogen and oxygen atoms in total. The predicted molar refractivity (Wildman–Crippen MR) is 382 cm³/mol. The molecule has 0 aromatic rings. The van der Waals surface area contributed by atoms with Crippen molar-refractivity contribution >= 4 is 71.6 Å². The van der Waals surface area contributed by atoms with Crippen LogP contribution in [0.1, 0.15) is 285 Å². The zero-order valence-corrected chi connectivity index (χ0v) is 53.8. The molecule has 0 aliphatic carbocycles. The maximum absolute atomic E-state index is 11.9. The van der Waals surface area contributed by atoms with Crippen LogP contribution in [0.4, 0.5) is 0 Å². The SMILES string of the molecule is C.C.C.C.C.C.C.C.C.C.C.C.CCC(C)(C)C(=O)OC1C(=O)OCC1(C)C.CCC(C)(C)C(=O)OC1C(=O)OCC1C.CCC(C)(C)C(=O)OC1CCOC1=O.CCC(C)(C)C(=O)OC1COC(=O)C1.CCC(C)C(=O)OC1CCOC1=O.CCC(C)C(=O)OC1COC(=O)C1. The van der Waals surface area contributed by atoms with Gasteiger partial charge in [0, 0.05) is 24.2 Å². The fourth-order valence-corrected chi connectivity index (χ4v) is 6.60. The van der Waals surface area contributed by atoms with Gasteiger partial charge in [-0.2, -0.15) is 0 Å². The van der Waals surface area contributed by atoms with Crippen LogP contribution in [0.25, 0.3) is 0 Å². The summed E-state index contributed by atoms with van der Waals surface area (Å²) >= 11 is 0. The van der Waals surface area contributed by atoms with Crippen molar-refractivity contribution in [2.75, 3.05) is 39.6 Å². The number of esters is 12. The molecular weight excluding hydrogens is 1260 g/mol. The minimum absolute atomic E-state index is 0.